The maximum atomic E-state index is 12.6. The van der Waals surface area contributed by atoms with E-state index in [1.54, 1.807) is 6.07 Å². The van der Waals surface area contributed by atoms with Gasteiger partial charge in [-0.05, 0) is 23.8 Å². The molecular weight excluding hydrogens is 378 g/mol. The van der Waals surface area contributed by atoms with Crippen molar-refractivity contribution in [2.24, 2.45) is 0 Å². The number of hydrogen-bond acceptors (Lipinski definition) is 7. The largest absolute Gasteiger partial charge is 0.454 e. The minimum absolute atomic E-state index is 0.0870. The summed E-state index contributed by atoms with van der Waals surface area (Å²) in [4.78, 5) is 25.3. The zero-order valence-electron chi connectivity index (χ0n) is 15.7. The number of non-ortho nitro benzene ring substituents is 1. The highest BCUT2D eigenvalue weighted by Gasteiger charge is 2.25. The van der Waals surface area contributed by atoms with Crippen LogP contribution in [0.15, 0.2) is 42.5 Å². The summed E-state index contributed by atoms with van der Waals surface area (Å²) in [5, 5.41) is 13.9. The van der Waals surface area contributed by atoms with E-state index in [1.165, 1.54) is 18.2 Å². The molecule has 2 aliphatic rings. The smallest absolute Gasteiger partial charge is 0.270 e. The van der Waals surface area contributed by atoms with E-state index in [1.807, 2.05) is 18.2 Å². The van der Waals surface area contributed by atoms with Crippen molar-refractivity contribution in [3.05, 3.63) is 63.7 Å². The molecule has 1 fully saturated rings. The first kappa shape index (κ1) is 19.2. The van der Waals surface area contributed by atoms with E-state index in [9.17, 15) is 14.9 Å². The molecule has 2 heterocycles. The Balaban J connectivity index is 1.52. The molecule has 0 aliphatic carbocycles. The molecule has 9 nitrogen and oxygen atoms in total. The van der Waals surface area contributed by atoms with E-state index < -0.39 is 4.92 Å². The predicted molar refractivity (Wildman–Crippen MR) is 103 cm³/mol. The Kier molecular flexibility index (Phi) is 5.59. The summed E-state index contributed by atoms with van der Waals surface area (Å²) in [6, 6.07) is 11.4. The van der Waals surface area contributed by atoms with Gasteiger partial charge in [-0.2, -0.15) is 0 Å². The molecule has 2 aliphatic heterocycles. The molecule has 0 bridgehead atoms. The number of amides is 1. The Morgan fingerprint density at radius 2 is 1.93 bits per heavy atom. The van der Waals surface area contributed by atoms with Crippen molar-refractivity contribution < 1.29 is 23.9 Å². The van der Waals surface area contributed by atoms with Crippen molar-refractivity contribution in [3.63, 3.8) is 0 Å². The van der Waals surface area contributed by atoms with Crippen molar-refractivity contribution in [1.29, 1.82) is 0 Å². The zero-order valence-corrected chi connectivity index (χ0v) is 15.7. The second-order valence-electron chi connectivity index (χ2n) is 6.79. The van der Waals surface area contributed by atoms with Crippen molar-refractivity contribution in [1.82, 2.24) is 10.2 Å². The van der Waals surface area contributed by atoms with Gasteiger partial charge in [0.25, 0.3) is 11.6 Å². The molecule has 9 heteroatoms. The van der Waals surface area contributed by atoms with Gasteiger partial charge in [-0.1, -0.05) is 12.1 Å². The van der Waals surface area contributed by atoms with Crippen LogP contribution in [0.1, 0.15) is 22.0 Å². The molecule has 0 unspecified atom stereocenters. The van der Waals surface area contributed by atoms with Crippen LogP contribution in [0.3, 0.4) is 0 Å². The van der Waals surface area contributed by atoms with Crippen LogP contribution in [0.4, 0.5) is 5.69 Å². The molecule has 2 aromatic rings. The number of nitro groups is 1. The highest BCUT2D eigenvalue weighted by molar-refractivity contribution is 5.94. The number of nitro benzene ring substituents is 1. The Labute approximate surface area is 167 Å². The molecule has 29 heavy (non-hydrogen) atoms. The first-order valence-electron chi connectivity index (χ1n) is 9.36. The first-order valence-corrected chi connectivity index (χ1v) is 9.36. The summed E-state index contributed by atoms with van der Waals surface area (Å²) >= 11 is 0. The number of carbonyl (C=O) groups excluding carboxylic acids is 1. The minimum Gasteiger partial charge on any atom is -0.454 e. The maximum absolute atomic E-state index is 12.6. The van der Waals surface area contributed by atoms with E-state index in [0.717, 1.165) is 18.7 Å². The maximum Gasteiger partial charge on any atom is 0.270 e. The van der Waals surface area contributed by atoms with Gasteiger partial charge >= 0.3 is 0 Å². The number of fused-ring (bicyclic) bond motifs is 1. The van der Waals surface area contributed by atoms with Gasteiger partial charge in [-0.15, -0.1) is 0 Å². The van der Waals surface area contributed by atoms with Gasteiger partial charge in [0.1, 0.15) is 0 Å². The molecule has 0 aromatic heterocycles. The number of benzene rings is 2. The summed E-state index contributed by atoms with van der Waals surface area (Å²) in [6.45, 7) is 3.28. The van der Waals surface area contributed by atoms with Gasteiger partial charge in [0.2, 0.25) is 6.79 Å². The quantitative estimate of drug-likeness (QED) is 0.586. The van der Waals surface area contributed by atoms with Gasteiger partial charge in [0.05, 0.1) is 24.2 Å². The topological polar surface area (TPSA) is 103 Å². The molecule has 152 valence electrons. The molecule has 1 atom stereocenters. The Hall–Kier alpha value is -3.17. The number of nitrogens with zero attached hydrogens (tertiary/aromatic N) is 2. The van der Waals surface area contributed by atoms with Crippen LogP contribution in [-0.4, -0.2) is 55.4 Å². The predicted octanol–water partition coefficient (Wildman–Crippen LogP) is 2.13. The Morgan fingerprint density at radius 3 is 2.72 bits per heavy atom. The fourth-order valence-corrected chi connectivity index (χ4v) is 3.52. The van der Waals surface area contributed by atoms with Crippen LogP contribution in [-0.2, 0) is 4.74 Å². The third-order valence-corrected chi connectivity index (χ3v) is 5.04. The summed E-state index contributed by atoms with van der Waals surface area (Å²) in [5.41, 5.74) is 1.14. The van der Waals surface area contributed by atoms with Crippen LogP contribution in [0, 0.1) is 10.1 Å². The summed E-state index contributed by atoms with van der Waals surface area (Å²) in [6.07, 6.45) is 0. The number of ether oxygens (including phenoxy) is 3. The molecule has 2 aromatic carbocycles. The average molecular weight is 399 g/mol. The minimum atomic E-state index is -0.514. The normalized spacial score (nSPS) is 17.0. The van der Waals surface area contributed by atoms with Crippen molar-refractivity contribution >= 4 is 11.6 Å². The van der Waals surface area contributed by atoms with Gasteiger partial charge < -0.3 is 19.5 Å². The molecule has 0 saturated carbocycles. The van der Waals surface area contributed by atoms with Gasteiger partial charge in [-0.3, -0.25) is 19.8 Å². The number of rotatable bonds is 6. The van der Waals surface area contributed by atoms with E-state index in [2.05, 4.69) is 10.2 Å². The molecule has 4 rings (SSSR count). The third kappa shape index (κ3) is 4.30. The number of hydrogen-bond donors (Lipinski definition) is 1. The lowest BCUT2D eigenvalue weighted by Gasteiger charge is -2.35. The van der Waals surface area contributed by atoms with Crippen LogP contribution >= 0.6 is 0 Å². The second kappa shape index (κ2) is 8.46. The van der Waals surface area contributed by atoms with Crippen LogP contribution in [0.2, 0.25) is 0 Å². The van der Waals surface area contributed by atoms with Crippen molar-refractivity contribution in [2.75, 3.05) is 39.6 Å². The lowest BCUT2D eigenvalue weighted by molar-refractivity contribution is -0.384. The van der Waals surface area contributed by atoms with Gasteiger partial charge in [-0.25, -0.2) is 0 Å². The Bertz CT molecular complexity index is 913. The van der Waals surface area contributed by atoms with Gasteiger partial charge in [0.15, 0.2) is 11.5 Å². The zero-order chi connectivity index (χ0) is 20.2. The Morgan fingerprint density at radius 1 is 1.14 bits per heavy atom. The molecule has 1 amide bonds. The molecule has 0 spiro atoms. The summed E-state index contributed by atoms with van der Waals surface area (Å²) in [5.74, 6) is 1.04. The molecular formula is C20H21N3O6. The highest BCUT2D eigenvalue weighted by atomic mass is 16.7. The van der Waals surface area contributed by atoms with E-state index in [4.69, 9.17) is 14.2 Å². The average Bonchev–Trinajstić information content (AvgIpc) is 3.22. The van der Waals surface area contributed by atoms with Crippen LogP contribution < -0.4 is 14.8 Å². The monoisotopic (exact) mass is 399 g/mol. The second-order valence-corrected chi connectivity index (χ2v) is 6.79. The first-order chi connectivity index (χ1) is 14.1. The fourth-order valence-electron chi connectivity index (χ4n) is 3.52. The third-order valence-electron chi connectivity index (χ3n) is 5.04. The number of nitrogens with one attached hydrogen (secondary N) is 1. The van der Waals surface area contributed by atoms with Crippen LogP contribution in [0.25, 0.3) is 0 Å². The SMILES string of the molecule is O=C(NC[C@H](c1ccc2c(c1)OCO2)N1CCOCC1)c1cccc([N+](=O)[O-])c1. The van der Waals surface area contributed by atoms with Gasteiger partial charge in [0, 0.05) is 37.3 Å². The fraction of sp³-hybridized carbons (Fsp3) is 0.350. The highest BCUT2D eigenvalue weighted by Crippen LogP contribution is 2.35. The van der Waals surface area contributed by atoms with E-state index in [0.29, 0.717) is 31.3 Å². The summed E-state index contributed by atoms with van der Waals surface area (Å²) in [7, 11) is 0. The lowest BCUT2D eigenvalue weighted by Crippen LogP contribution is -2.43. The van der Waals surface area contributed by atoms with Crippen molar-refractivity contribution in [2.45, 2.75) is 6.04 Å². The molecule has 0 radical (unpaired) electrons. The number of morpholine rings is 1. The number of carbonyl (C=O) groups is 1. The van der Waals surface area contributed by atoms with E-state index in [-0.39, 0.29) is 30.0 Å². The van der Waals surface area contributed by atoms with E-state index >= 15 is 0 Å². The van der Waals surface area contributed by atoms with Crippen LogP contribution in [0.5, 0.6) is 11.5 Å². The molecule has 1 saturated heterocycles. The lowest BCUT2D eigenvalue weighted by atomic mass is 10.0. The summed E-state index contributed by atoms with van der Waals surface area (Å²) < 4.78 is 16.3. The molecule has 1 N–H and O–H groups in total. The van der Waals surface area contributed by atoms with Crippen molar-refractivity contribution in [3.8, 4) is 11.5 Å². The standard InChI is InChI=1S/C20H21N3O6/c24-20(15-2-1-3-16(10-15)23(25)26)21-12-17(22-6-8-27-9-7-22)14-4-5-18-19(11-14)29-13-28-18/h1-5,10-11,17H,6-9,12-13H2,(H,21,24)/t17-/m1/s1.